The van der Waals surface area contributed by atoms with Crippen LogP contribution in [0.2, 0.25) is 0 Å². The molecule has 0 amide bonds. The molecule has 0 radical (unpaired) electrons. The van der Waals surface area contributed by atoms with Crippen LogP contribution in [0.5, 0.6) is 0 Å². The topological polar surface area (TPSA) is 99.7 Å². The van der Waals surface area contributed by atoms with Gasteiger partial charge in [0, 0.05) is 48.1 Å². The van der Waals surface area contributed by atoms with Gasteiger partial charge in [0.1, 0.15) is 17.7 Å². The van der Waals surface area contributed by atoms with Crippen molar-refractivity contribution in [1.82, 2.24) is 19.6 Å². The fraction of sp³-hybridized carbons (Fsp3) is 0.613. The Morgan fingerprint density at radius 2 is 1.95 bits per heavy atom. The fourth-order valence-corrected chi connectivity index (χ4v) is 6.17. The predicted octanol–water partition coefficient (Wildman–Crippen LogP) is 5.43. The highest BCUT2D eigenvalue weighted by molar-refractivity contribution is 5.79. The summed E-state index contributed by atoms with van der Waals surface area (Å²) in [6, 6.07) is 4.58. The molecule has 2 aliphatic rings. The van der Waals surface area contributed by atoms with Crippen LogP contribution in [-0.4, -0.2) is 52.0 Å². The van der Waals surface area contributed by atoms with Gasteiger partial charge in [-0.2, -0.15) is 0 Å². The lowest BCUT2D eigenvalue weighted by Gasteiger charge is -2.31. The number of piperidine rings is 1. The highest BCUT2D eigenvalue weighted by atomic mass is 19.1. The number of carbonyl (C=O) groups is 1. The molecule has 5 rings (SSSR count). The van der Waals surface area contributed by atoms with Gasteiger partial charge in [0.2, 0.25) is 0 Å². The maximum Gasteiger partial charge on any atom is 0.308 e. The fourth-order valence-electron chi connectivity index (χ4n) is 6.17. The van der Waals surface area contributed by atoms with E-state index < -0.39 is 0 Å². The van der Waals surface area contributed by atoms with E-state index in [9.17, 15) is 14.0 Å². The lowest BCUT2D eigenvalue weighted by molar-refractivity contribution is -0.164. The number of likely N-dealkylation sites (tertiary alicyclic amines) is 1. The monoisotopic (exact) mass is 568 g/mol. The second-order valence-electron chi connectivity index (χ2n) is 11.4. The van der Waals surface area contributed by atoms with Gasteiger partial charge in [0.05, 0.1) is 5.69 Å². The third kappa shape index (κ3) is 6.70. The minimum Gasteiger partial charge on any atom is -0.438 e. The number of hydrogen-bond acceptors (Lipinski definition) is 8. The number of aromatic nitrogens is 3. The van der Waals surface area contributed by atoms with Gasteiger partial charge in [-0.3, -0.25) is 14.2 Å². The molecule has 1 atom stereocenters. The first-order valence-corrected chi connectivity index (χ1v) is 15.0. The van der Waals surface area contributed by atoms with Crippen molar-refractivity contribution in [3.63, 3.8) is 0 Å². The maximum absolute atomic E-state index is 13.5. The summed E-state index contributed by atoms with van der Waals surface area (Å²) in [6.45, 7) is 9.10. The van der Waals surface area contributed by atoms with E-state index in [1.165, 1.54) is 12.1 Å². The van der Waals surface area contributed by atoms with Crippen LogP contribution >= 0.6 is 0 Å². The zero-order chi connectivity index (χ0) is 28.9. The molecular formula is C31H41FN4O5. The summed E-state index contributed by atoms with van der Waals surface area (Å²) in [6.07, 6.45) is 5.95. The van der Waals surface area contributed by atoms with Crippen molar-refractivity contribution in [1.29, 1.82) is 0 Å². The van der Waals surface area contributed by atoms with Gasteiger partial charge in [0.25, 0.3) is 5.56 Å². The van der Waals surface area contributed by atoms with E-state index in [4.69, 9.17) is 19.0 Å². The number of fused-ring (bicyclic) bond motifs is 2. The largest absolute Gasteiger partial charge is 0.438 e. The van der Waals surface area contributed by atoms with Crippen molar-refractivity contribution in [2.24, 2.45) is 5.92 Å². The van der Waals surface area contributed by atoms with Crippen molar-refractivity contribution in [2.75, 3.05) is 26.4 Å². The second-order valence-corrected chi connectivity index (χ2v) is 11.4. The molecule has 0 bridgehead atoms. The summed E-state index contributed by atoms with van der Waals surface area (Å²) in [4.78, 5) is 32.8. The summed E-state index contributed by atoms with van der Waals surface area (Å²) in [5.41, 5.74) is 2.88. The van der Waals surface area contributed by atoms with E-state index in [0.717, 1.165) is 80.5 Å². The Kier molecular flexibility index (Phi) is 9.49. The Morgan fingerprint density at radius 1 is 1.17 bits per heavy atom. The highest BCUT2D eigenvalue weighted by Crippen LogP contribution is 2.33. The first kappa shape index (κ1) is 29.4. The molecule has 41 heavy (non-hydrogen) atoms. The van der Waals surface area contributed by atoms with E-state index in [1.54, 1.807) is 10.6 Å². The molecule has 0 aliphatic carbocycles. The van der Waals surface area contributed by atoms with E-state index >= 15 is 0 Å². The smallest absolute Gasteiger partial charge is 0.308 e. The number of hydrogen-bond donors (Lipinski definition) is 0. The third-order valence-electron chi connectivity index (χ3n) is 8.85. The number of carbonyl (C=O) groups excluding carboxylic acids is 1. The molecule has 0 N–H and O–H groups in total. The van der Waals surface area contributed by atoms with Crippen LogP contribution < -0.4 is 5.56 Å². The quantitative estimate of drug-likeness (QED) is 0.223. The molecule has 222 valence electrons. The Bertz CT molecular complexity index is 1410. The zero-order valence-corrected chi connectivity index (χ0v) is 24.4. The van der Waals surface area contributed by atoms with Crippen LogP contribution in [-0.2, 0) is 27.2 Å². The van der Waals surface area contributed by atoms with Crippen molar-refractivity contribution >= 4 is 16.9 Å². The van der Waals surface area contributed by atoms with Crippen LogP contribution in [0.25, 0.3) is 11.0 Å². The minimum absolute atomic E-state index is 0.00251. The van der Waals surface area contributed by atoms with Crippen LogP contribution in [0.15, 0.2) is 27.5 Å². The Morgan fingerprint density at radius 3 is 2.71 bits per heavy atom. The highest BCUT2D eigenvalue weighted by Gasteiger charge is 2.28. The summed E-state index contributed by atoms with van der Waals surface area (Å²) < 4.78 is 31.9. The van der Waals surface area contributed by atoms with Gasteiger partial charge in [-0.05, 0) is 70.2 Å². The van der Waals surface area contributed by atoms with Gasteiger partial charge in [-0.1, -0.05) is 31.8 Å². The predicted molar refractivity (Wildman–Crippen MR) is 152 cm³/mol. The molecule has 4 heterocycles. The minimum atomic E-state index is -0.367. The molecule has 1 unspecified atom stereocenters. The van der Waals surface area contributed by atoms with Crippen LogP contribution in [0.1, 0.15) is 93.6 Å². The molecule has 0 spiro atoms. The molecular weight excluding hydrogens is 527 g/mol. The van der Waals surface area contributed by atoms with Crippen LogP contribution in [0, 0.1) is 18.7 Å². The Hall–Kier alpha value is -3.11. The number of rotatable bonds is 11. The van der Waals surface area contributed by atoms with Crippen molar-refractivity contribution in [2.45, 2.75) is 90.7 Å². The molecule has 1 fully saturated rings. The van der Waals surface area contributed by atoms with Crippen LogP contribution in [0.3, 0.4) is 0 Å². The third-order valence-corrected chi connectivity index (χ3v) is 8.85. The molecule has 3 aromatic rings. The average Bonchev–Trinajstić information content (AvgIpc) is 3.39. The van der Waals surface area contributed by atoms with Gasteiger partial charge >= 0.3 is 5.97 Å². The van der Waals surface area contributed by atoms with E-state index in [0.29, 0.717) is 36.7 Å². The Balaban J connectivity index is 1.16. The van der Waals surface area contributed by atoms with E-state index in [2.05, 4.69) is 23.9 Å². The van der Waals surface area contributed by atoms with Gasteiger partial charge in [-0.15, -0.1) is 0 Å². The standard InChI is InChI=1S/C31H41FN4O5/c1-4-21(5-2)17-28(37)40-19-39-26-7-6-13-36-30(26)33-20(3)24(31(36)38)12-16-35-14-10-22(11-15-35)29-25-9-8-23(32)18-27(25)41-34-29/h8-9,18,21-22,26H,4-7,10-17,19H2,1-3H3. The average molecular weight is 569 g/mol. The second kappa shape index (κ2) is 13.2. The molecule has 0 saturated carbocycles. The van der Waals surface area contributed by atoms with Gasteiger partial charge < -0.3 is 18.9 Å². The normalized spacial score (nSPS) is 18.2. The van der Waals surface area contributed by atoms with Crippen molar-refractivity contribution < 1.29 is 23.2 Å². The number of halogens is 1. The molecule has 9 nitrogen and oxygen atoms in total. The maximum atomic E-state index is 13.5. The molecule has 2 aromatic heterocycles. The summed E-state index contributed by atoms with van der Waals surface area (Å²) in [5, 5.41) is 5.13. The summed E-state index contributed by atoms with van der Waals surface area (Å²) in [5.74, 6) is 0.645. The zero-order valence-electron chi connectivity index (χ0n) is 24.4. The van der Waals surface area contributed by atoms with Crippen molar-refractivity contribution in [3.05, 3.63) is 57.1 Å². The van der Waals surface area contributed by atoms with E-state index in [-0.39, 0.29) is 36.2 Å². The number of esters is 1. The van der Waals surface area contributed by atoms with Crippen LogP contribution in [0.4, 0.5) is 4.39 Å². The van der Waals surface area contributed by atoms with Gasteiger partial charge in [0.15, 0.2) is 12.4 Å². The summed E-state index contributed by atoms with van der Waals surface area (Å²) >= 11 is 0. The van der Waals surface area contributed by atoms with Crippen molar-refractivity contribution in [3.8, 4) is 0 Å². The molecule has 10 heteroatoms. The first-order chi connectivity index (χ1) is 19.9. The Labute approximate surface area is 240 Å². The molecule has 1 saturated heterocycles. The first-order valence-electron chi connectivity index (χ1n) is 15.0. The number of ether oxygens (including phenoxy) is 2. The lowest BCUT2D eigenvalue weighted by Crippen LogP contribution is -2.38. The molecule has 1 aromatic carbocycles. The SMILES string of the molecule is CCC(CC)CC(=O)OCOC1CCCn2c1nc(C)c(CCN1CCC(c3noc4cc(F)ccc34)CC1)c2=O. The van der Waals surface area contributed by atoms with E-state index in [1.807, 2.05) is 6.92 Å². The molecule has 2 aliphatic heterocycles. The van der Waals surface area contributed by atoms with Gasteiger partial charge in [-0.25, -0.2) is 9.37 Å². The summed E-state index contributed by atoms with van der Waals surface area (Å²) in [7, 11) is 0. The number of nitrogens with zero attached hydrogens (tertiary/aromatic N) is 4. The number of benzene rings is 1. The lowest BCUT2D eigenvalue weighted by atomic mass is 9.91. The number of aryl methyl sites for hydroxylation is 1.